The van der Waals surface area contributed by atoms with E-state index >= 15 is 0 Å². The van der Waals surface area contributed by atoms with Gasteiger partial charge in [0.1, 0.15) is 5.82 Å². The second-order valence-corrected chi connectivity index (χ2v) is 4.26. The topological polar surface area (TPSA) is 30.5 Å². The van der Waals surface area contributed by atoms with Gasteiger partial charge < -0.3 is 4.74 Å². The van der Waals surface area contributed by atoms with Crippen molar-refractivity contribution in [3.05, 3.63) is 34.1 Å². The van der Waals surface area contributed by atoms with E-state index in [4.69, 9.17) is 9.57 Å². The van der Waals surface area contributed by atoms with Gasteiger partial charge in [-0.1, -0.05) is 15.9 Å². The molecule has 1 unspecified atom stereocenters. The number of halogens is 2. The van der Waals surface area contributed by atoms with E-state index in [0.717, 1.165) is 4.47 Å². The van der Waals surface area contributed by atoms with Crippen molar-refractivity contribution in [3.8, 4) is 0 Å². The predicted octanol–water partition coefficient (Wildman–Crippen LogP) is 2.82. The second-order valence-electron chi connectivity index (χ2n) is 3.35. The van der Waals surface area contributed by atoms with E-state index in [1.54, 1.807) is 19.2 Å². The molecule has 0 spiro atoms. The van der Waals surface area contributed by atoms with Crippen LogP contribution in [0.2, 0.25) is 0 Å². The summed E-state index contributed by atoms with van der Waals surface area (Å²) in [6.07, 6.45) is 0. The van der Waals surface area contributed by atoms with Gasteiger partial charge in [0.25, 0.3) is 0 Å². The highest BCUT2D eigenvalue weighted by atomic mass is 79.9. The van der Waals surface area contributed by atoms with Crippen LogP contribution in [-0.4, -0.2) is 20.3 Å². The minimum atomic E-state index is -0.251. The Hall–Kier alpha value is -0.490. The Morgan fingerprint density at radius 3 is 2.88 bits per heavy atom. The summed E-state index contributed by atoms with van der Waals surface area (Å²) in [4.78, 5) is 5.13. The molecule has 3 nitrogen and oxygen atoms in total. The fourth-order valence-corrected chi connectivity index (χ4v) is 1.60. The standard InChI is InChI=1S/C11H15BrFNO2/c1-8(14-16-6-5-15-2)10-7-9(12)3-4-11(10)13/h3-4,7-8,14H,5-6H2,1-2H3. The fraction of sp³-hybridized carbons (Fsp3) is 0.455. The first-order chi connectivity index (χ1) is 7.65. The van der Waals surface area contributed by atoms with E-state index < -0.39 is 0 Å². The highest BCUT2D eigenvalue weighted by Gasteiger charge is 2.10. The lowest BCUT2D eigenvalue weighted by atomic mass is 10.1. The first-order valence-electron chi connectivity index (χ1n) is 4.96. The Kier molecular flexibility index (Phi) is 5.90. The van der Waals surface area contributed by atoms with E-state index in [-0.39, 0.29) is 11.9 Å². The van der Waals surface area contributed by atoms with Crippen LogP contribution in [-0.2, 0) is 9.57 Å². The molecule has 1 atom stereocenters. The molecule has 1 aromatic rings. The van der Waals surface area contributed by atoms with Crippen molar-refractivity contribution in [3.63, 3.8) is 0 Å². The van der Waals surface area contributed by atoms with Crippen LogP contribution in [0.3, 0.4) is 0 Å². The quantitative estimate of drug-likeness (QED) is 0.646. The summed E-state index contributed by atoms with van der Waals surface area (Å²) >= 11 is 3.30. The van der Waals surface area contributed by atoms with Crippen molar-refractivity contribution in [2.24, 2.45) is 0 Å². The molecule has 0 aliphatic carbocycles. The van der Waals surface area contributed by atoms with Gasteiger partial charge in [0.2, 0.25) is 0 Å². The lowest BCUT2D eigenvalue weighted by Crippen LogP contribution is -2.22. The first-order valence-corrected chi connectivity index (χ1v) is 5.75. The van der Waals surface area contributed by atoms with E-state index in [1.165, 1.54) is 6.07 Å². The minimum Gasteiger partial charge on any atom is -0.382 e. The number of benzene rings is 1. The maximum Gasteiger partial charge on any atom is 0.128 e. The van der Waals surface area contributed by atoms with E-state index in [1.807, 2.05) is 6.92 Å². The van der Waals surface area contributed by atoms with Gasteiger partial charge in [0.15, 0.2) is 0 Å². The number of rotatable bonds is 6. The van der Waals surface area contributed by atoms with Crippen molar-refractivity contribution in [1.82, 2.24) is 5.48 Å². The van der Waals surface area contributed by atoms with E-state index in [0.29, 0.717) is 18.8 Å². The molecule has 16 heavy (non-hydrogen) atoms. The van der Waals surface area contributed by atoms with Crippen LogP contribution in [0.4, 0.5) is 4.39 Å². The Morgan fingerprint density at radius 2 is 2.19 bits per heavy atom. The minimum absolute atomic E-state index is 0.214. The third-order valence-electron chi connectivity index (χ3n) is 2.07. The van der Waals surface area contributed by atoms with Crippen LogP contribution in [0.5, 0.6) is 0 Å². The first kappa shape index (κ1) is 13.6. The van der Waals surface area contributed by atoms with Crippen LogP contribution in [0, 0.1) is 5.82 Å². The summed E-state index contributed by atoms with van der Waals surface area (Å²) in [5, 5.41) is 0. The SMILES string of the molecule is COCCONC(C)c1cc(Br)ccc1F. The van der Waals surface area contributed by atoms with Gasteiger partial charge >= 0.3 is 0 Å². The number of hydrogen-bond acceptors (Lipinski definition) is 3. The Bertz CT molecular complexity index is 336. The summed E-state index contributed by atoms with van der Waals surface area (Å²) in [5.41, 5.74) is 3.32. The zero-order valence-electron chi connectivity index (χ0n) is 9.30. The molecule has 0 radical (unpaired) electrons. The molecule has 0 heterocycles. The monoisotopic (exact) mass is 291 g/mol. The zero-order valence-corrected chi connectivity index (χ0v) is 10.9. The maximum atomic E-state index is 13.5. The van der Waals surface area contributed by atoms with E-state index in [2.05, 4.69) is 21.4 Å². The third kappa shape index (κ3) is 4.17. The molecule has 1 N–H and O–H groups in total. The molecule has 90 valence electrons. The molecule has 0 saturated heterocycles. The van der Waals surface area contributed by atoms with Gasteiger partial charge in [-0.2, -0.15) is 5.48 Å². The van der Waals surface area contributed by atoms with Crippen LogP contribution < -0.4 is 5.48 Å². The summed E-state index contributed by atoms with van der Waals surface area (Å²) in [7, 11) is 1.60. The molecular formula is C11H15BrFNO2. The number of ether oxygens (including phenoxy) is 1. The van der Waals surface area contributed by atoms with Crippen molar-refractivity contribution >= 4 is 15.9 Å². The van der Waals surface area contributed by atoms with Gasteiger partial charge in [-0.25, -0.2) is 4.39 Å². The lowest BCUT2D eigenvalue weighted by molar-refractivity contribution is -0.00978. The zero-order chi connectivity index (χ0) is 12.0. The molecule has 0 saturated carbocycles. The number of nitrogens with one attached hydrogen (secondary N) is 1. The summed E-state index contributed by atoms with van der Waals surface area (Å²) < 4.78 is 19.1. The molecule has 0 bridgehead atoms. The van der Waals surface area contributed by atoms with Gasteiger partial charge in [-0.3, -0.25) is 4.84 Å². The fourth-order valence-electron chi connectivity index (χ4n) is 1.22. The van der Waals surface area contributed by atoms with Crippen molar-refractivity contribution in [1.29, 1.82) is 0 Å². The predicted molar refractivity (Wildman–Crippen MR) is 63.5 cm³/mol. The highest BCUT2D eigenvalue weighted by Crippen LogP contribution is 2.21. The van der Waals surface area contributed by atoms with Crippen LogP contribution in [0.25, 0.3) is 0 Å². The number of methoxy groups -OCH3 is 1. The Morgan fingerprint density at radius 1 is 1.44 bits per heavy atom. The van der Waals surface area contributed by atoms with Gasteiger partial charge in [-0.15, -0.1) is 0 Å². The molecule has 1 rings (SSSR count). The van der Waals surface area contributed by atoms with Gasteiger partial charge in [-0.05, 0) is 25.1 Å². The molecule has 1 aromatic carbocycles. The van der Waals surface area contributed by atoms with Crippen LogP contribution in [0.1, 0.15) is 18.5 Å². The molecule has 0 aliphatic rings. The molecular weight excluding hydrogens is 277 g/mol. The van der Waals surface area contributed by atoms with E-state index in [9.17, 15) is 4.39 Å². The van der Waals surface area contributed by atoms with Crippen molar-refractivity contribution < 1.29 is 14.0 Å². The average molecular weight is 292 g/mol. The summed E-state index contributed by atoms with van der Waals surface area (Å²) in [5.74, 6) is -0.251. The van der Waals surface area contributed by atoms with Crippen LogP contribution in [0.15, 0.2) is 22.7 Å². The molecule has 0 aliphatic heterocycles. The highest BCUT2D eigenvalue weighted by molar-refractivity contribution is 9.10. The summed E-state index contributed by atoms with van der Waals surface area (Å²) in [6, 6.07) is 4.60. The smallest absolute Gasteiger partial charge is 0.128 e. The largest absolute Gasteiger partial charge is 0.382 e. The molecule has 5 heteroatoms. The molecule has 0 aromatic heterocycles. The normalized spacial score (nSPS) is 12.8. The lowest BCUT2D eigenvalue weighted by Gasteiger charge is -2.15. The maximum absolute atomic E-state index is 13.5. The molecule has 0 amide bonds. The Balaban J connectivity index is 2.51. The van der Waals surface area contributed by atoms with Crippen LogP contribution >= 0.6 is 15.9 Å². The van der Waals surface area contributed by atoms with Crippen molar-refractivity contribution in [2.75, 3.05) is 20.3 Å². The third-order valence-corrected chi connectivity index (χ3v) is 2.57. The van der Waals surface area contributed by atoms with Crippen molar-refractivity contribution in [2.45, 2.75) is 13.0 Å². The van der Waals surface area contributed by atoms with Gasteiger partial charge in [0.05, 0.1) is 19.3 Å². The summed E-state index contributed by atoms with van der Waals surface area (Å²) in [6.45, 7) is 2.76. The Labute approximate surface area is 103 Å². The second kappa shape index (κ2) is 6.96. The average Bonchev–Trinajstić information content (AvgIpc) is 2.27. The molecule has 0 fully saturated rings. The number of hydroxylamine groups is 1. The number of hydrogen-bond donors (Lipinski definition) is 1. The van der Waals surface area contributed by atoms with Gasteiger partial charge in [0, 0.05) is 17.1 Å².